The molecular weight excluding hydrogens is 302 g/mol. The molecule has 8 heteroatoms. The number of hydrogen-bond acceptors (Lipinski definition) is 5. The molecule has 1 heterocycles. The molecule has 0 bridgehead atoms. The molecule has 6 nitrogen and oxygen atoms in total. The van der Waals surface area contributed by atoms with Gasteiger partial charge in [0.05, 0.1) is 17.8 Å². The summed E-state index contributed by atoms with van der Waals surface area (Å²) in [7, 11) is -3.75. The first-order valence-corrected chi connectivity index (χ1v) is 7.68. The molecule has 1 aromatic carbocycles. The minimum absolute atomic E-state index is 0.00889. The smallest absolute Gasteiger partial charge is 0.242 e. The Morgan fingerprint density at radius 2 is 2.20 bits per heavy atom. The van der Waals surface area contributed by atoms with Gasteiger partial charge >= 0.3 is 0 Å². The van der Waals surface area contributed by atoms with E-state index in [4.69, 9.17) is 21.8 Å². The van der Waals surface area contributed by atoms with Crippen LogP contribution in [0, 0.1) is 6.92 Å². The van der Waals surface area contributed by atoms with Crippen LogP contribution in [-0.2, 0) is 23.1 Å². The number of rotatable bonds is 5. The molecule has 0 spiro atoms. The van der Waals surface area contributed by atoms with Crippen molar-refractivity contribution >= 4 is 21.6 Å². The first-order valence-electron chi connectivity index (χ1n) is 5.82. The molecule has 20 heavy (non-hydrogen) atoms. The van der Waals surface area contributed by atoms with Gasteiger partial charge < -0.3 is 10.2 Å². The predicted molar refractivity (Wildman–Crippen MR) is 74.6 cm³/mol. The van der Waals surface area contributed by atoms with Crippen molar-refractivity contribution in [1.29, 1.82) is 0 Å². The molecule has 0 aliphatic carbocycles. The Bertz CT molecular complexity index is 712. The van der Waals surface area contributed by atoms with Gasteiger partial charge in [0.25, 0.3) is 0 Å². The van der Waals surface area contributed by atoms with E-state index in [-0.39, 0.29) is 28.9 Å². The van der Waals surface area contributed by atoms with Crippen molar-refractivity contribution in [2.45, 2.75) is 24.9 Å². The van der Waals surface area contributed by atoms with Crippen LogP contribution in [0.3, 0.4) is 0 Å². The Balaban J connectivity index is 2.21. The Hall–Kier alpha value is -1.41. The second-order valence-corrected chi connectivity index (χ2v) is 6.30. The van der Waals surface area contributed by atoms with Crippen molar-refractivity contribution in [3.8, 4) is 0 Å². The van der Waals surface area contributed by atoms with Crippen molar-refractivity contribution < 1.29 is 12.8 Å². The van der Waals surface area contributed by atoms with Crippen LogP contribution in [0.1, 0.15) is 17.2 Å². The summed E-state index contributed by atoms with van der Waals surface area (Å²) in [6.45, 7) is 1.92. The Labute approximate surface area is 122 Å². The molecule has 2 aromatic rings. The highest BCUT2D eigenvalue weighted by atomic mass is 35.5. The fraction of sp³-hybridized carbons (Fsp3) is 0.250. The van der Waals surface area contributed by atoms with Crippen LogP contribution in [0.25, 0.3) is 0 Å². The molecule has 2 rings (SSSR count). The van der Waals surface area contributed by atoms with Crippen molar-refractivity contribution in [2.24, 2.45) is 5.73 Å². The maximum absolute atomic E-state index is 12.2. The van der Waals surface area contributed by atoms with Gasteiger partial charge in [-0.1, -0.05) is 17.7 Å². The minimum atomic E-state index is -3.75. The molecule has 0 fully saturated rings. The third kappa shape index (κ3) is 3.37. The average molecular weight is 316 g/mol. The highest BCUT2D eigenvalue weighted by Crippen LogP contribution is 2.22. The largest absolute Gasteiger partial charge is 0.445 e. The maximum Gasteiger partial charge on any atom is 0.242 e. The number of nitrogens with zero attached hydrogens (tertiary/aromatic N) is 1. The monoisotopic (exact) mass is 315 g/mol. The van der Waals surface area contributed by atoms with E-state index in [9.17, 15) is 8.42 Å². The summed E-state index contributed by atoms with van der Waals surface area (Å²) < 4.78 is 32.0. The maximum atomic E-state index is 12.2. The summed E-state index contributed by atoms with van der Waals surface area (Å²) in [6, 6.07) is 4.64. The highest BCUT2D eigenvalue weighted by Gasteiger charge is 2.19. The Morgan fingerprint density at radius 3 is 2.80 bits per heavy atom. The molecule has 0 saturated carbocycles. The van der Waals surface area contributed by atoms with Crippen LogP contribution >= 0.6 is 11.6 Å². The van der Waals surface area contributed by atoms with Gasteiger partial charge in [-0.15, -0.1) is 0 Å². The van der Waals surface area contributed by atoms with Crippen LogP contribution in [0.15, 0.2) is 33.7 Å². The van der Waals surface area contributed by atoms with E-state index in [2.05, 4.69) is 9.71 Å². The van der Waals surface area contributed by atoms with Gasteiger partial charge in [-0.25, -0.2) is 18.1 Å². The number of benzene rings is 1. The first kappa shape index (κ1) is 15.0. The second-order valence-electron chi connectivity index (χ2n) is 4.16. The summed E-state index contributed by atoms with van der Waals surface area (Å²) in [6.07, 6.45) is 1.52. The molecule has 0 amide bonds. The van der Waals surface area contributed by atoms with E-state index >= 15 is 0 Å². The van der Waals surface area contributed by atoms with E-state index in [0.717, 1.165) is 0 Å². The lowest BCUT2D eigenvalue weighted by atomic mass is 10.2. The van der Waals surface area contributed by atoms with Crippen LogP contribution < -0.4 is 10.5 Å². The standard InChI is InChI=1S/C12H14ClN3O3S/c1-8-6-15-12(19-8)7-16-20(17,18)11-4-9(5-14)2-3-10(11)13/h2-4,6,16H,5,7,14H2,1H3. The van der Waals surface area contributed by atoms with Gasteiger partial charge in [-0.05, 0) is 24.6 Å². The lowest BCUT2D eigenvalue weighted by molar-refractivity contribution is 0.463. The number of nitrogens with two attached hydrogens (primary N) is 1. The minimum Gasteiger partial charge on any atom is -0.445 e. The van der Waals surface area contributed by atoms with Gasteiger partial charge in [0, 0.05) is 6.54 Å². The van der Waals surface area contributed by atoms with E-state index < -0.39 is 10.0 Å². The third-order valence-corrected chi connectivity index (χ3v) is 4.49. The molecular formula is C12H14ClN3O3S. The first-order chi connectivity index (χ1) is 9.42. The van der Waals surface area contributed by atoms with E-state index in [1.807, 2.05) is 0 Å². The van der Waals surface area contributed by atoms with Crippen LogP contribution in [0.5, 0.6) is 0 Å². The number of aryl methyl sites for hydroxylation is 1. The van der Waals surface area contributed by atoms with Gasteiger partial charge in [0.2, 0.25) is 15.9 Å². The van der Waals surface area contributed by atoms with Crippen molar-refractivity contribution in [3.63, 3.8) is 0 Å². The second kappa shape index (κ2) is 5.92. The Morgan fingerprint density at radius 1 is 1.45 bits per heavy atom. The molecule has 0 atom stereocenters. The summed E-state index contributed by atoms with van der Waals surface area (Å²) in [5, 5.41) is 0.137. The van der Waals surface area contributed by atoms with Gasteiger partial charge in [-0.3, -0.25) is 0 Å². The van der Waals surface area contributed by atoms with Crippen molar-refractivity contribution in [1.82, 2.24) is 9.71 Å². The summed E-state index contributed by atoms with van der Waals surface area (Å²) in [5.74, 6) is 0.902. The average Bonchev–Trinajstić information content (AvgIpc) is 2.83. The zero-order valence-corrected chi connectivity index (χ0v) is 12.3. The van der Waals surface area contributed by atoms with E-state index in [1.165, 1.54) is 18.3 Å². The normalized spacial score (nSPS) is 11.8. The fourth-order valence-corrected chi connectivity index (χ4v) is 3.12. The molecule has 0 radical (unpaired) electrons. The lowest BCUT2D eigenvalue weighted by Crippen LogP contribution is -2.24. The van der Waals surface area contributed by atoms with Crippen molar-refractivity contribution in [2.75, 3.05) is 0 Å². The molecule has 0 saturated heterocycles. The Kier molecular flexibility index (Phi) is 4.44. The van der Waals surface area contributed by atoms with Crippen LogP contribution in [-0.4, -0.2) is 13.4 Å². The zero-order valence-electron chi connectivity index (χ0n) is 10.8. The summed E-state index contributed by atoms with van der Waals surface area (Å²) >= 11 is 5.92. The molecule has 3 N–H and O–H groups in total. The quantitative estimate of drug-likeness (QED) is 0.872. The van der Waals surface area contributed by atoms with Gasteiger partial charge in [0.1, 0.15) is 10.7 Å². The van der Waals surface area contributed by atoms with Crippen LogP contribution in [0.2, 0.25) is 5.02 Å². The number of hydrogen-bond donors (Lipinski definition) is 2. The predicted octanol–water partition coefficient (Wildman–Crippen LogP) is 1.57. The molecule has 0 unspecified atom stereocenters. The number of aromatic nitrogens is 1. The van der Waals surface area contributed by atoms with Gasteiger partial charge in [-0.2, -0.15) is 0 Å². The van der Waals surface area contributed by atoms with Crippen molar-refractivity contribution in [3.05, 3.63) is 46.6 Å². The molecule has 0 aliphatic rings. The molecule has 108 valence electrons. The van der Waals surface area contributed by atoms with E-state index in [1.54, 1.807) is 13.0 Å². The topological polar surface area (TPSA) is 98.2 Å². The highest BCUT2D eigenvalue weighted by molar-refractivity contribution is 7.89. The third-order valence-electron chi connectivity index (χ3n) is 2.60. The van der Waals surface area contributed by atoms with E-state index in [0.29, 0.717) is 11.3 Å². The number of nitrogens with one attached hydrogen (secondary N) is 1. The molecule has 0 aliphatic heterocycles. The van der Waals surface area contributed by atoms with Crippen LogP contribution in [0.4, 0.5) is 0 Å². The summed E-state index contributed by atoms with van der Waals surface area (Å²) in [4.78, 5) is 3.91. The van der Waals surface area contributed by atoms with Gasteiger partial charge in [0.15, 0.2) is 0 Å². The number of sulfonamides is 1. The summed E-state index contributed by atoms with van der Waals surface area (Å²) in [5.41, 5.74) is 6.18. The number of oxazole rings is 1. The number of halogens is 1. The zero-order chi connectivity index (χ0) is 14.8. The SMILES string of the molecule is Cc1cnc(CNS(=O)(=O)c2cc(CN)ccc2Cl)o1. The lowest BCUT2D eigenvalue weighted by Gasteiger charge is -2.08. The fourth-order valence-electron chi connectivity index (χ4n) is 1.60. The molecule has 1 aromatic heterocycles.